The van der Waals surface area contributed by atoms with Crippen LogP contribution < -0.4 is 10.1 Å². The zero-order chi connectivity index (χ0) is 12.5. The van der Waals surface area contributed by atoms with Crippen LogP contribution in [0.4, 0.5) is 0 Å². The van der Waals surface area contributed by atoms with Crippen molar-refractivity contribution in [2.75, 3.05) is 26.9 Å². The topological polar surface area (TPSA) is 77.5 Å². The number of nitrogens with one attached hydrogen (secondary N) is 1. The van der Waals surface area contributed by atoms with E-state index in [1.54, 1.807) is 13.2 Å². The lowest BCUT2D eigenvalue weighted by molar-refractivity contribution is -0.123. The maximum atomic E-state index is 11.2. The SMILES string of the molecule is COCCNC(=O)COc1ccc(C=O)nc1. The molecule has 1 aromatic heterocycles. The lowest BCUT2D eigenvalue weighted by atomic mass is 10.4. The Kier molecular flexibility index (Phi) is 5.67. The number of ether oxygens (including phenoxy) is 2. The van der Waals surface area contributed by atoms with E-state index in [1.807, 2.05) is 0 Å². The van der Waals surface area contributed by atoms with Crippen molar-refractivity contribution < 1.29 is 19.1 Å². The van der Waals surface area contributed by atoms with Crippen molar-refractivity contribution in [3.63, 3.8) is 0 Å². The third-order valence-electron chi connectivity index (χ3n) is 1.88. The molecule has 0 saturated carbocycles. The highest BCUT2D eigenvalue weighted by Crippen LogP contribution is 2.07. The molecule has 0 fully saturated rings. The van der Waals surface area contributed by atoms with Gasteiger partial charge >= 0.3 is 0 Å². The first-order chi connectivity index (χ1) is 8.26. The van der Waals surface area contributed by atoms with E-state index in [-0.39, 0.29) is 12.5 Å². The Bertz CT molecular complexity index is 364. The van der Waals surface area contributed by atoms with Crippen molar-refractivity contribution in [1.29, 1.82) is 0 Å². The smallest absolute Gasteiger partial charge is 0.258 e. The van der Waals surface area contributed by atoms with E-state index in [0.717, 1.165) is 0 Å². The predicted molar refractivity (Wildman–Crippen MR) is 60.0 cm³/mol. The Morgan fingerprint density at radius 3 is 2.94 bits per heavy atom. The Morgan fingerprint density at radius 1 is 1.53 bits per heavy atom. The van der Waals surface area contributed by atoms with Crippen molar-refractivity contribution in [1.82, 2.24) is 10.3 Å². The first-order valence-corrected chi connectivity index (χ1v) is 5.06. The van der Waals surface area contributed by atoms with Gasteiger partial charge in [0.2, 0.25) is 0 Å². The van der Waals surface area contributed by atoms with Gasteiger partial charge in [0.25, 0.3) is 5.91 Å². The number of aldehydes is 1. The average Bonchev–Trinajstić information content (AvgIpc) is 2.37. The lowest BCUT2D eigenvalue weighted by Crippen LogP contribution is -2.31. The van der Waals surface area contributed by atoms with Crippen LogP contribution in [0.15, 0.2) is 18.3 Å². The van der Waals surface area contributed by atoms with Crippen LogP contribution >= 0.6 is 0 Å². The summed E-state index contributed by atoms with van der Waals surface area (Å²) in [5.41, 5.74) is 0.321. The number of amides is 1. The fraction of sp³-hybridized carbons (Fsp3) is 0.364. The number of carbonyl (C=O) groups excluding carboxylic acids is 2. The monoisotopic (exact) mass is 238 g/mol. The molecule has 0 aromatic carbocycles. The maximum absolute atomic E-state index is 11.2. The van der Waals surface area contributed by atoms with Gasteiger partial charge in [-0.2, -0.15) is 0 Å². The van der Waals surface area contributed by atoms with Crippen LogP contribution in [0.1, 0.15) is 10.5 Å². The quantitative estimate of drug-likeness (QED) is 0.536. The summed E-state index contributed by atoms with van der Waals surface area (Å²) in [6.45, 7) is 0.814. The molecule has 6 heteroatoms. The van der Waals surface area contributed by atoms with Crippen molar-refractivity contribution in [2.45, 2.75) is 0 Å². The van der Waals surface area contributed by atoms with E-state index in [1.165, 1.54) is 12.3 Å². The second-order valence-corrected chi connectivity index (χ2v) is 3.17. The van der Waals surface area contributed by atoms with E-state index in [4.69, 9.17) is 9.47 Å². The molecule has 6 nitrogen and oxygen atoms in total. The molecular formula is C11H14N2O4. The van der Waals surface area contributed by atoms with Crippen molar-refractivity contribution in [3.8, 4) is 5.75 Å². The van der Waals surface area contributed by atoms with Gasteiger partial charge in [-0.3, -0.25) is 9.59 Å². The molecule has 0 unspecified atom stereocenters. The van der Waals surface area contributed by atoms with Crippen LogP contribution in [0.3, 0.4) is 0 Å². The Hall–Kier alpha value is -1.95. The highest BCUT2D eigenvalue weighted by molar-refractivity contribution is 5.77. The average molecular weight is 238 g/mol. The number of hydrogen-bond acceptors (Lipinski definition) is 5. The summed E-state index contributed by atoms with van der Waals surface area (Å²) in [7, 11) is 1.56. The lowest BCUT2D eigenvalue weighted by Gasteiger charge is -2.06. The van der Waals surface area contributed by atoms with Gasteiger partial charge in [0.15, 0.2) is 12.9 Å². The molecule has 0 aliphatic heterocycles. The van der Waals surface area contributed by atoms with Gasteiger partial charge in [-0.1, -0.05) is 0 Å². The summed E-state index contributed by atoms with van der Waals surface area (Å²) in [5, 5.41) is 2.61. The number of carbonyl (C=O) groups is 2. The van der Waals surface area contributed by atoms with Crippen LogP contribution in [-0.4, -0.2) is 44.0 Å². The number of pyridine rings is 1. The van der Waals surface area contributed by atoms with Crippen LogP contribution in [0.2, 0.25) is 0 Å². The molecule has 0 spiro atoms. The number of aromatic nitrogens is 1. The van der Waals surface area contributed by atoms with Crippen molar-refractivity contribution in [3.05, 3.63) is 24.0 Å². The van der Waals surface area contributed by atoms with E-state index >= 15 is 0 Å². The maximum Gasteiger partial charge on any atom is 0.258 e. The fourth-order valence-electron chi connectivity index (χ4n) is 1.04. The molecule has 17 heavy (non-hydrogen) atoms. The minimum absolute atomic E-state index is 0.0914. The number of hydrogen-bond donors (Lipinski definition) is 1. The molecule has 1 rings (SSSR count). The summed E-state index contributed by atoms with van der Waals surface area (Å²) < 4.78 is 9.95. The summed E-state index contributed by atoms with van der Waals surface area (Å²) in [4.78, 5) is 25.4. The first-order valence-electron chi connectivity index (χ1n) is 5.06. The van der Waals surface area contributed by atoms with E-state index < -0.39 is 0 Å². The van der Waals surface area contributed by atoms with Gasteiger partial charge in [0.1, 0.15) is 11.4 Å². The third kappa shape index (κ3) is 5.07. The third-order valence-corrected chi connectivity index (χ3v) is 1.88. The second-order valence-electron chi connectivity index (χ2n) is 3.17. The summed E-state index contributed by atoms with van der Waals surface area (Å²) in [6, 6.07) is 3.10. The molecule has 0 aliphatic rings. The van der Waals surface area contributed by atoms with Crippen molar-refractivity contribution in [2.24, 2.45) is 0 Å². The Balaban J connectivity index is 2.29. The van der Waals surface area contributed by atoms with Crippen LogP contribution in [0.25, 0.3) is 0 Å². The number of methoxy groups -OCH3 is 1. The summed E-state index contributed by atoms with van der Waals surface area (Å²) in [6.07, 6.45) is 2.04. The number of rotatable bonds is 7. The van der Waals surface area contributed by atoms with Gasteiger partial charge in [-0.05, 0) is 12.1 Å². The summed E-state index contributed by atoms with van der Waals surface area (Å²) >= 11 is 0. The van der Waals surface area contributed by atoms with Gasteiger partial charge in [0, 0.05) is 13.7 Å². The molecular weight excluding hydrogens is 224 g/mol. The second kappa shape index (κ2) is 7.34. The standard InChI is InChI=1S/C11H14N2O4/c1-16-5-4-12-11(15)8-17-10-3-2-9(7-14)13-6-10/h2-3,6-7H,4-5,8H2,1H3,(H,12,15). The molecule has 0 radical (unpaired) electrons. The Morgan fingerprint density at radius 2 is 2.35 bits per heavy atom. The molecule has 92 valence electrons. The van der Waals surface area contributed by atoms with Gasteiger partial charge in [-0.15, -0.1) is 0 Å². The van der Waals surface area contributed by atoms with E-state index in [9.17, 15) is 9.59 Å². The highest BCUT2D eigenvalue weighted by Gasteiger charge is 2.02. The number of nitrogens with zero attached hydrogens (tertiary/aromatic N) is 1. The van der Waals surface area contributed by atoms with Crippen molar-refractivity contribution >= 4 is 12.2 Å². The molecule has 1 N–H and O–H groups in total. The Labute approximate surface area is 98.9 Å². The molecule has 1 heterocycles. The molecule has 1 amide bonds. The fourth-order valence-corrected chi connectivity index (χ4v) is 1.04. The van der Waals surface area contributed by atoms with E-state index in [0.29, 0.717) is 30.9 Å². The minimum atomic E-state index is -0.235. The first kappa shape index (κ1) is 13.1. The molecule has 0 aliphatic carbocycles. The predicted octanol–water partition coefficient (Wildman–Crippen LogP) is 0.0355. The van der Waals surface area contributed by atoms with E-state index in [2.05, 4.69) is 10.3 Å². The van der Waals surface area contributed by atoms with Gasteiger partial charge in [0.05, 0.1) is 12.8 Å². The van der Waals surface area contributed by atoms with Gasteiger partial charge in [-0.25, -0.2) is 4.98 Å². The van der Waals surface area contributed by atoms with Crippen LogP contribution in [0.5, 0.6) is 5.75 Å². The highest BCUT2D eigenvalue weighted by atomic mass is 16.5. The molecule has 0 saturated heterocycles. The summed E-state index contributed by atoms with van der Waals surface area (Å²) in [5.74, 6) is 0.207. The largest absolute Gasteiger partial charge is 0.482 e. The minimum Gasteiger partial charge on any atom is -0.482 e. The molecule has 0 atom stereocenters. The van der Waals surface area contributed by atoms with Crippen LogP contribution in [0, 0.1) is 0 Å². The normalized spacial score (nSPS) is 9.71. The molecule has 1 aromatic rings. The van der Waals surface area contributed by atoms with Gasteiger partial charge < -0.3 is 14.8 Å². The molecule has 0 bridgehead atoms. The zero-order valence-electron chi connectivity index (χ0n) is 9.51. The van der Waals surface area contributed by atoms with Crippen LogP contribution in [-0.2, 0) is 9.53 Å². The zero-order valence-corrected chi connectivity index (χ0v) is 9.51.